The Hall–Kier alpha value is -2.43. The number of carbonyl (C=O) groups is 1. The Morgan fingerprint density at radius 1 is 1.32 bits per heavy atom. The summed E-state index contributed by atoms with van der Waals surface area (Å²) in [5.74, 6) is 0.147. The summed E-state index contributed by atoms with van der Waals surface area (Å²) in [6.07, 6.45) is 8.71. The molecule has 1 aromatic carbocycles. The highest BCUT2D eigenvalue weighted by molar-refractivity contribution is 5.76. The van der Waals surface area contributed by atoms with Crippen LogP contribution in [-0.2, 0) is 11.3 Å². The standard InChI is InChI=1S/C17H18FN3O/c18-14-5-7-16(8-6-14)21-10-9-15(20-21)12-19-17(22)11-13-3-1-2-4-13/h1,3,5-10,13H,2,4,11-12H2,(H,19,22)/t13-/m0/s1. The van der Waals surface area contributed by atoms with Crippen LogP contribution in [0.1, 0.15) is 25.0 Å². The van der Waals surface area contributed by atoms with Crippen LogP contribution in [0.3, 0.4) is 0 Å². The summed E-state index contributed by atoms with van der Waals surface area (Å²) in [4.78, 5) is 11.9. The third kappa shape index (κ3) is 3.61. The van der Waals surface area contributed by atoms with Crippen molar-refractivity contribution in [3.8, 4) is 5.69 Å². The first-order chi connectivity index (χ1) is 10.7. The Morgan fingerprint density at radius 2 is 2.14 bits per heavy atom. The lowest BCUT2D eigenvalue weighted by molar-refractivity contribution is -0.121. The highest BCUT2D eigenvalue weighted by Gasteiger charge is 2.13. The summed E-state index contributed by atoms with van der Waals surface area (Å²) < 4.78 is 14.6. The molecule has 0 spiro atoms. The third-order valence-electron chi connectivity index (χ3n) is 3.76. The van der Waals surface area contributed by atoms with Gasteiger partial charge < -0.3 is 5.32 Å². The van der Waals surface area contributed by atoms with E-state index in [0.29, 0.717) is 18.9 Å². The number of nitrogens with zero attached hydrogens (tertiary/aromatic N) is 2. The highest BCUT2D eigenvalue weighted by atomic mass is 19.1. The van der Waals surface area contributed by atoms with Crippen molar-refractivity contribution >= 4 is 5.91 Å². The molecule has 0 fully saturated rings. The summed E-state index contributed by atoms with van der Waals surface area (Å²) >= 11 is 0. The smallest absolute Gasteiger partial charge is 0.220 e. The molecule has 114 valence electrons. The van der Waals surface area contributed by atoms with E-state index in [-0.39, 0.29) is 11.7 Å². The Kier molecular flexibility index (Phi) is 4.32. The predicted molar refractivity (Wildman–Crippen MR) is 81.8 cm³/mol. The van der Waals surface area contributed by atoms with E-state index in [1.165, 1.54) is 12.1 Å². The Labute approximate surface area is 128 Å². The molecule has 3 rings (SSSR count). The maximum Gasteiger partial charge on any atom is 0.220 e. The zero-order valence-electron chi connectivity index (χ0n) is 12.2. The first-order valence-electron chi connectivity index (χ1n) is 7.44. The van der Waals surface area contributed by atoms with E-state index in [0.717, 1.165) is 24.2 Å². The van der Waals surface area contributed by atoms with Gasteiger partial charge in [0, 0.05) is 12.6 Å². The van der Waals surface area contributed by atoms with E-state index in [9.17, 15) is 9.18 Å². The highest BCUT2D eigenvalue weighted by Crippen LogP contribution is 2.20. The van der Waals surface area contributed by atoms with Gasteiger partial charge in [0.15, 0.2) is 0 Å². The van der Waals surface area contributed by atoms with Crippen molar-refractivity contribution < 1.29 is 9.18 Å². The van der Waals surface area contributed by atoms with Gasteiger partial charge in [0.2, 0.25) is 5.91 Å². The lowest BCUT2D eigenvalue weighted by atomic mass is 10.1. The van der Waals surface area contributed by atoms with Gasteiger partial charge in [-0.3, -0.25) is 4.79 Å². The predicted octanol–water partition coefficient (Wildman–Crippen LogP) is 2.98. The molecule has 0 saturated heterocycles. The zero-order chi connectivity index (χ0) is 15.4. The van der Waals surface area contributed by atoms with Crippen LogP contribution in [0.2, 0.25) is 0 Å². The molecular weight excluding hydrogens is 281 g/mol. The SMILES string of the molecule is O=C(C[C@H]1C=CCC1)NCc1ccn(-c2ccc(F)cc2)n1. The van der Waals surface area contributed by atoms with Crippen molar-refractivity contribution in [2.45, 2.75) is 25.8 Å². The van der Waals surface area contributed by atoms with Crippen LogP contribution in [0.25, 0.3) is 5.69 Å². The van der Waals surface area contributed by atoms with Crippen LogP contribution in [0.15, 0.2) is 48.7 Å². The topological polar surface area (TPSA) is 46.9 Å². The average molecular weight is 299 g/mol. The fourth-order valence-corrected chi connectivity index (χ4v) is 2.56. The molecule has 1 heterocycles. The van der Waals surface area contributed by atoms with Crippen molar-refractivity contribution in [2.24, 2.45) is 5.92 Å². The minimum Gasteiger partial charge on any atom is -0.350 e. The molecule has 0 radical (unpaired) electrons. The van der Waals surface area contributed by atoms with E-state index >= 15 is 0 Å². The van der Waals surface area contributed by atoms with Crippen molar-refractivity contribution in [3.05, 3.63) is 60.2 Å². The van der Waals surface area contributed by atoms with Gasteiger partial charge in [-0.15, -0.1) is 0 Å². The molecule has 0 unspecified atom stereocenters. The molecule has 0 saturated carbocycles. The van der Waals surface area contributed by atoms with Crippen LogP contribution in [-0.4, -0.2) is 15.7 Å². The molecule has 2 aromatic rings. The first-order valence-corrected chi connectivity index (χ1v) is 7.44. The van der Waals surface area contributed by atoms with E-state index in [4.69, 9.17) is 0 Å². The first kappa shape index (κ1) is 14.5. The second kappa shape index (κ2) is 6.56. The Balaban J connectivity index is 1.54. The number of aromatic nitrogens is 2. The van der Waals surface area contributed by atoms with Crippen molar-refractivity contribution in [1.29, 1.82) is 0 Å². The van der Waals surface area contributed by atoms with E-state index in [1.807, 2.05) is 6.07 Å². The van der Waals surface area contributed by atoms with Crippen molar-refractivity contribution in [3.63, 3.8) is 0 Å². The maximum absolute atomic E-state index is 12.9. The van der Waals surface area contributed by atoms with Gasteiger partial charge in [-0.05, 0) is 49.1 Å². The largest absolute Gasteiger partial charge is 0.350 e. The lowest BCUT2D eigenvalue weighted by Crippen LogP contribution is -2.24. The Morgan fingerprint density at radius 3 is 2.86 bits per heavy atom. The summed E-state index contributed by atoms with van der Waals surface area (Å²) in [5.41, 5.74) is 1.56. The fourth-order valence-electron chi connectivity index (χ4n) is 2.56. The number of carbonyl (C=O) groups excluding carboxylic acids is 1. The number of nitrogens with one attached hydrogen (secondary N) is 1. The monoisotopic (exact) mass is 299 g/mol. The molecule has 0 bridgehead atoms. The van der Waals surface area contributed by atoms with E-state index in [1.54, 1.807) is 23.0 Å². The van der Waals surface area contributed by atoms with Gasteiger partial charge in [-0.1, -0.05) is 12.2 Å². The lowest BCUT2D eigenvalue weighted by Gasteiger charge is -2.07. The number of hydrogen-bond acceptors (Lipinski definition) is 2. The minimum atomic E-state index is -0.274. The molecule has 1 aromatic heterocycles. The van der Waals surface area contributed by atoms with Gasteiger partial charge in [0.25, 0.3) is 0 Å². The summed E-state index contributed by atoms with van der Waals surface area (Å²) in [5, 5.41) is 7.27. The van der Waals surface area contributed by atoms with Crippen LogP contribution >= 0.6 is 0 Å². The van der Waals surface area contributed by atoms with Crippen LogP contribution in [0, 0.1) is 11.7 Å². The minimum absolute atomic E-state index is 0.0490. The molecule has 1 atom stereocenters. The van der Waals surface area contributed by atoms with Gasteiger partial charge >= 0.3 is 0 Å². The third-order valence-corrected chi connectivity index (χ3v) is 3.76. The number of amides is 1. The molecule has 4 nitrogen and oxygen atoms in total. The zero-order valence-corrected chi connectivity index (χ0v) is 12.2. The quantitative estimate of drug-likeness (QED) is 0.863. The average Bonchev–Trinajstić information content (AvgIpc) is 3.17. The van der Waals surface area contributed by atoms with E-state index < -0.39 is 0 Å². The van der Waals surface area contributed by atoms with Crippen LogP contribution < -0.4 is 5.32 Å². The number of hydrogen-bond donors (Lipinski definition) is 1. The van der Waals surface area contributed by atoms with Gasteiger partial charge in [0.05, 0.1) is 17.9 Å². The summed E-state index contributed by atoms with van der Waals surface area (Å²) in [7, 11) is 0. The normalized spacial score (nSPS) is 16.9. The number of halogens is 1. The fraction of sp³-hybridized carbons (Fsp3) is 0.294. The van der Waals surface area contributed by atoms with Gasteiger partial charge in [0.1, 0.15) is 5.82 Å². The second-order valence-corrected chi connectivity index (χ2v) is 5.47. The molecule has 0 aliphatic heterocycles. The van der Waals surface area contributed by atoms with Gasteiger partial charge in [-0.25, -0.2) is 9.07 Å². The molecule has 1 N–H and O–H groups in total. The maximum atomic E-state index is 12.9. The molecule has 5 heteroatoms. The van der Waals surface area contributed by atoms with Crippen molar-refractivity contribution in [2.75, 3.05) is 0 Å². The summed E-state index contributed by atoms with van der Waals surface area (Å²) in [6.45, 7) is 0.406. The van der Waals surface area contributed by atoms with Crippen LogP contribution in [0.5, 0.6) is 0 Å². The number of rotatable bonds is 5. The molecule has 1 aliphatic carbocycles. The Bertz CT molecular complexity index is 675. The van der Waals surface area contributed by atoms with E-state index in [2.05, 4.69) is 22.6 Å². The summed E-state index contributed by atoms with van der Waals surface area (Å²) in [6, 6.07) is 7.97. The van der Waals surface area contributed by atoms with Crippen LogP contribution in [0.4, 0.5) is 4.39 Å². The van der Waals surface area contributed by atoms with Crippen molar-refractivity contribution in [1.82, 2.24) is 15.1 Å². The molecule has 1 aliphatic rings. The number of benzene rings is 1. The number of allylic oxidation sites excluding steroid dienone is 2. The molecule has 1 amide bonds. The molecular formula is C17H18FN3O. The second-order valence-electron chi connectivity index (χ2n) is 5.47. The molecule has 22 heavy (non-hydrogen) atoms. The van der Waals surface area contributed by atoms with Gasteiger partial charge in [-0.2, -0.15) is 5.10 Å².